The number of hydrogen-bond donors (Lipinski definition) is 1. The first-order valence-electron chi connectivity index (χ1n) is 6.62. The molecule has 0 unspecified atom stereocenters. The smallest absolute Gasteiger partial charge is 0.0453 e. The quantitative estimate of drug-likeness (QED) is 0.810. The molecule has 4 bridgehead atoms. The molecule has 0 amide bonds. The first-order chi connectivity index (χ1) is 7.81. The first-order valence-corrected chi connectivity index (χ1v) is 7.56. The maximum atomic E-state index is 3.88. The van der Waals surface area contributed by atoms with Gasteiger partial charge in [-0.3, -0.25) is 0 Å². The monoisotopic (exact) mass is 233 g/mol. The van der Waals surface area contributed by atoms with Gasteiger partial charge in [0.15, 0.2) is 0 Å². The SMILES string of the molecule is c1cc(NC23CC4CC(CC(C4)C2)C3)cs1. The van der Waals surface area contributed by atoms with Crippen molar-refractivity contribution in [1.82, 2.24) is 0 Å². The van der Waals surface area contributed by atoms with Crippen molar-refractivity contribution in [3.63, 3.8) is 0 Å². The fourth-order valence-corrected chi connectivity index (χ4v) is 5.49. The van der Waals surface area contributed by atoms with Crippen LogP contribution in [0, 0.1) is 17.8 Å². The van der Waals surface area contributed by atoms with Crippen LogP contribution in [-0.2, 0) is 0 Å². The van der Waals surface area contributed by atoms with Crippen molar-refractivity contribution in [1.29, 1.82) is 0 Å². The van der Waals surface area contributed by atoms with Crippen molar-refractivity contribution in [2.24, 2.45) is 17.8 Å². The second-order valence-electron chi connectivity index (χ2n) is 6.33. The number of anilines is 1. The molecule has 0 atom stereocenters. The van der Waals surface area contributed by atoms with Gasteiger partial charge in [-0.25, -0.2) is 0 Å². The summed E-state index contributed by atoms with van der Waals surface area (Å²) in [7, 11) is 0. The molecule has 2 heteroatoms. The number of nitrogens with one attached hydrogen (secondary N) is 1. The number of rotatable bonds is 2. The molecule has 4 fully saturated rings. The third-order valence-electron chi connectivity index (χ3n) is 4.97. The molecule has 4 aliphatic rings. The predicted octanol–water partition coefficient (Wildman–Crippen LogP) is 4.13. The molecule has 4 aliphatic carbocycles. The highest BCUT2D eigenvalue weighted by molar-refractivity contribution is 7.08. The Balaban J connectivity index is 1.62. The van der Waals surface area contributed by atoms with E-state index >= 15 is 0 Å². The summed E-state index contributed by atoms with van der Waals surface area (Å²) in [6.45, 7) is 0. The van der Waals surface area contributed by atoms with E-state index in [0.717, 1.165) is 17.8 Å². The highest BCUT2D eigenvalue weighted by Gasteiger charge is 2.50. The van der Waals surface area contributed by atoms with Crippen molar-refractivity contribution in [2.45, 2.75) is 44.1 Å². The van der Waals surface area contributed by atoms with E-state index in [2.05, 4.69) is 22.1 Å². The van der Waals surface area contributed by atoms with Crippen molar-refractivity contribution < 1.29 is 0 Å². The minimum atomic E-state index is 0.482. The second kappa shape index (κ2) is 3.25. The van der Waals surface area contributed by atoms with Crippen LogP contribution in [0.1, 0.15) is 38.5 Å². The summed E-state index contributed by atoms with van der Waals surface area (Å²) in [6.07, 6.45) is 8.91. The standard InChI is InChI=1S/C14H19NS/c1-2-16-9-13(1)15-14-6-10-3-11(7-14)5-12(4-10)8-14/h1-2,9-12,15H,3-8H2. The van der Waals surface area contributed by atoms with E-state index in [4.69, 9.17) is 0 Å². The summed E-state index contributed by atoms with van der Waals surface area (Å²) in [4.78, 5) is 0. The van der Waals surface area contributed by atoms with Gasteiger partial charge in [-0.15, -0.1) is 0 Å². The van der Waals surface area contributed by atoms with Crippen molar-refractivity contribution in [3.05, 3.63) is 16.8 Å². The van der Waals surface area contributed by atoms with Crippen LogP contribution in [0.3, 0.4) is 0 Å². The maximum Gasteiger partial charge on any atom is 0.0453 e. The predicted molar refractivity (Wildman–Crippen MR) is 68.8 cm³/mol. The molecule has 1 N–H and O–H groups in total. The van der Waals surface area contributed by atoms with E-state index in [1.807, 2.05) is 0 Å². The third-order valence-corrected chi connectivity index (χ3v) is 5.65. The average molecular weight is 233 g/mol. The van der Waals surface area contributed by atoms with Gasteiger partial charge in [-0.2, -0.15) is 11.3 Å². The molecule has 16 heavy (non-hydrogen) atoms. The van der Waals surface area contributed by atoms with Gasteiger partial charge in [0.25, 0.3) is 0 Å². The zero-order valence-electron chi connectivity index (χ0n) is 9.61. The van der Waals surface area contributed by atoms with Crippen LogP contribution in [0.5, 0.6) is 0 Å². The van der Waals surface area contributed by atoms with Crippen molar-refractivity contribution in [3.8, 4) is 0 Å². The van der Waals surface area contributed by atoms with Crippen molar-refractivity contribution in [2.75, 3.05) is 5.32 Å². The summed E-state index contributed by atoms with van der Waals surface area (Å²) in [5, 5.41) is 8.32. The van der Waals surface area contributed by atoms with Gasteiger partial charge in [0.2, 0.25) is 0 Å². The van der Waals surface area contributed by atoms with E-state index in [1.165, 1.54) is 44.2 Å². The topological polar surface area (TPSA) is 12.0 Å². The van der Waals surface area contributed by atoms with Crippen LogP contribution < -0.4 is 5.32 Å². The summed E-state index contributed by atoms with van der Waals surface area (Å²) in [5.74, 6) is 3.12. The molecule has 4 saturated carbocycles. The van der Waals surface area contributed by atoms with Crippen LogP contribution in [0.4, 0.5) is 5.69 Å². The second-order valence-corrected chi connectivity index (χ2v) is 7.11. The molecule has 86 valence electrons. The summed E-state index contributed by atoms with van der Waals surface area (Å²) >= 11 is 1.81. The maximum absolute atomic E-state index is 3.88. The molecular weight excluding hydrogens is 214 g/mol. The lowest BCUT2D eigenvalue weighted by Crippen LogP contribution is -2.54. The van der Waals surface area contributed by atoms with E-state index in [9.17, 15) is 0 Å². The van der Waals surface area contributed by atoms with Crippen LogP contribution >= 0.6 is 11.3 Å². The molecule has 1 aromatic heterocycles. The first kappa shape index (κ1) is 9.52. The Morgan fingerprint density at radius 2 is 1.69 bits per heavy atom. The van der Waals surface area contributed by atoms with Gasteiger partial charge in [-0.05, 0) is 67.7 Å². The van der Waals surface area contributed by atoms with E-state index in [1.54, 1.807) is 11.3 Å². The van der Waals surface area contributed by atoms with E-state index in [0.29, 0.717) is 5.54 Å². The minimum Gasteiger partial charge on any atom is -0.379 e. The van der Waals surface area contributed by atoms with Gasteiger partial charge in [0, 0.05) is 16.6 Å². The summed E-state index contributed by atoms with van der Waals surface area (Å²) in [6, 6.07) is 2.24. The Morgan fingerprint density at radius 1 is 1.06 bits per heavy atom. The molecule has 0 aromatic carbocycles. The number of hydrogen-bond acceptors (Lipinski definition) is 2. The van der Waals surface area contributed by atoms with E-state index < -0.39 is 0 Å². The molecule has 5 rings (SSSR count). The molecule has 0 saturated heterocycles. The number of thiophene rings is 1. The molecule has 0 spiro atoms. The zero-order valence-corrected chi connectivity index (χ0v) is 10.4. The lowest BCUT2D eigenvalue weighted by Gasteiger charge is -2.57. The van der Waals surface area contributed by atoms with Gasteiger partial charge in [-0.1, -0.05) is 0 Å². The molecule has 1 aromatic rings. The Labute approximate surface area is 101 Å². The lowest BCUT2D eigenvalue weighted by atomic mass is 9.53. The van der Waals surface area contributed by atoms with Gasteiger partial charge in [0.1, 0.15) is 0 Å². The van der Waals surface area contributed by atoms with Crippen LogP contribution in [-0.4, -0.2) is 5.54 Å². The van der Waals surface area contributed by atoms with Crippen LogP contribution in [0.25, 0.3) is 0 Å². The molecule has 0 aliphatic heterocycles. The fraction of sp³-hybridized carbons (Fsp3) is 0.714. The van der Waals surface area contributed by atoms with E-state index in [-0.39, 0.29) is 0 Å². The third kappa shape index (κ3) is 1.42. The van der Waals surface area contributed by atoms with Crippen LogP contribution in [0.2, 0.25) is 0 Å². The highest BCUT2D eigenvalue weighted by atomic mass is 32.1. The Morgan fingerprint density at radius 3 is 2.19 bits per heavy atom. The average Bonchev–Trinajstić information content (AvgIpc) is 2.66. The molecule has 1 nitrogen and oxygen atoms in total. The molecular formula is C14H19NS. The van der Waals surface area contributed by atoms with Gasteiger partial charge < -0.3 is 5.32 Å². The zero-order chi connectivity index (χ0) is 10.6. The van der Waals surface area contributed by atoms with Gasteiger partial charge >= 0.3 is 0 Å². The summed E-state index contributed by atoms with van der Waals surface area (Å²) < 4.78 is 0. The lowest BCUT2D eigenvalue weighted by molar-refractivity contribution is 0.0107. The summed E-state index contributed by atoms with van der Waals surface area (Å²) in [5.41, 5.74) is 1.85. The van der Waals surface area contributed by atoms with Crippen LogP contribution in [0.15, 0.2) is 16.8 Å². The minimum absolute atomic E-state index is 0.482. The highest BCUT2D eigenvalue weighted by Crippen LogP contribution is 2.56. The normalized spacial score (nSPS) is 44.9. The Bertz CT molecular complexity index is 346. The fourth-order valence-electron chi connectivity index (χ4n) is 4.91. The van der Waals surface area contributed by atoms with Crippen molar-refractivity contribution >= 4 is 17.0 Å². The Kier molecular flexibility index (Phi) is 1.94. The molecule has 0 radical (unpaired) electrons. The van der Waals surface area contributed by atoms with Gasteiger partial charge in [0.05, 0.1) is 0 Å². The molecule has 1 heterocycles. The largest absolute Gasteiger partial charge is 0.379 e. The Hall–Kier alpha value is -0.500.